The number of hydrogen-bond donors (Lipinski definition) is 2. The number of hydrogen-bond acceptors (Lipinski definition) is 3. The van der Waals surface area contributed by atoms with E-state index in [1.54, 1.807) is 12.1 Å². The van der Waals surface area contributed by atoms with Gasteiger partial charge in [-0.15, -0.1) is 0 Å². The Labute approximate surface area is 159 Å². The van der Waals surface area contributed by atoms with Crippen molar-refractivity contribution in [2.75, 3.05) is 11.9 Å². The van der Waals surface area contributed by atoms with Gasteiger partial charge < -0.3 is 10.6 Å². The van der Waals surface area contributed by atoms with Crippen LogP contribution in [0.2, 0.25) is 0 Å². The van der Waals surface area contributed by atoms with Gasteiger partial charge in [-0.2, -0.15) is 5.26 Å². The Balaban J connectivity index is 1.84. The molecule has 0 unspecified atom stereocenters. The Morgan fingerprint density at radius 2 is 1.70 bits per heavy atom. The molecular formula is C22H24FN3O. The van der Waals surface area contributed by atoms with E-state index in [0.29, 0.717) is 18.7 Å². The lowest BCUT2D eigenvalue weighted by Gasteiger charge is -2.07. The number of nitrogens with zero attached hydrogens (tertiary/aromatic N) is 1. The highest BCUT2D eigenvalue weighted by molar-refractivity contribution is 6.06. The lowest BCUT2D eigenvalue weighted by atomic mass is 10.1. The number of rotatable bonds is 9. The number of carbonyl (C=O) groups is 1. The molecule has 4 nitrogen and oxygen atoms in total. The summed E-state index contributed by atoms with van der Waals surface area (Å²) >= 11 is 0. The van der Waals surface area contributed by atoms with Gasteiger partial charge in [0.05, 0.1) is 0 Å². The number of amides is 1. The quantitative estimate of drug-likeness (QED) is 0.394. The van der Waals surface area contributed by atoms with E-state index in [2.05, 4.69) is 17.6 Å². The third-order valence-corrected chi connectivity index (χ3v) is 4.11. The van der Waals surface area contributed by atoms with Crippen LogP contribution in [0.3, 0.4) is 0 Å². The van der Waals surface area contributed by atoms with Crippen LogP contribution in [0, 0.1) is 17.1 Å². The molecule has 0 spiro atoms. The number of anilines is 1. The Morgan fingerprint density at radius 3 is 2.33 bits per heavy atom. The summed E-state index contributed by atoms with van der Waals surface area (Å²) in [5, 5.41) is 14.9. The number of aryl methyl sites for hydroxylation is 1. The van der Waals surface area contributed by atoms with E-state index >= 15 is 0 Å². The van der Waals surface area contributed by atoms with Gasteiger partial charge in [-0.3, -0.25) is 4.79 Å². The number of unbranched alkanes of at least 4 members (excludes halogenated alkanes) is 1. The van der Waals surface area contributed by atoms with Gasteiger partial charge in [0.15, 0.2) is 0 Å². The highest BCUT2D eigenvalue weighted by atomic mass is 19.1. The van der Waals surface area contributed by atoms with Gasteiger partial charge in [0.1, 0.15) is 17.5 Å². The molecule has 0 saturated carbocycles. The first-order valence-electron chi connectivity index (χ1n) is 9.10. The molecule has 27 heavy (non-hydrogen) atoms. The number of halogens is 1. The Bertz CT molecular complexity index is 805. The Hall–Kier alpha value is -3.13. The predicted molar refractivity (Wildman–Crippen MR) is 105 cm³/mol. The lowest BCUT2D eigenvalue weighted by Crippen LogP contribution is -2.18. The molecule has 0 bridgehead atoms. The average Bonchev–Trinajstić information content (AvgIpc) is 2.69. The fraction of sp³-hybridized carbons (Fsp3) is 0.273. The highest BCUT2D eigenvalue weighted by Crippen LogP contribution is 2.12. The third-order valence-electron chi connectivity index (χ3n) is 4.11. The molecule has 5 heteroatoms. The fourth-order valence-corrected chi connectivity index (χ4v) is 2.52. The van der Waals surface area contributed by atoms with Gasteiger partial charge in [-0.25, -0.2) is 4.39 Å². The summed E-state index contributed by atoms with van der Waals surface area (Å²) < 4.78 is 12.9. The maximum Gasteiger partial charge on any atom is 0.267 e. The third kappa shape index (κ3) is 6.95. The van der Waals surface area contributed by atoms with Crippen molar-refractivity contribution in [3.05, 3.63) is 77.2 Å². The largest absolute Gasteiger partial charge is 0.389 e. The normalized spacial score (nSPS) is 10.9. The summed E-state index contributed by atoms with van der Waals surface area (Å²) in [5.41, 5.74) is 2.87. The zero-order valence-corrected chi connectivity index (χ0v) is 15.5. The zero-order valence-electron chi connectivity index (χ0n) is 15.5. The van der Waals surface area contributed by atoms with Crippen molar-refractivity contribution in [3.63, 3.8) is 0 Å². The van der Waals surface area contributed by atoms with E-state index in [9.17, 15) is 14.4 Å². The molecule has 2 N–H and O–H groups in total. The molecule has 0 aromatic heterocycles. The predicted octanol–water partition coefficient (Wildman–Crippen LogP) is 4.35. The molecule has 1 amide bonds. The molecule has 0 radical (unpaired) electrons. The van der Waals surface area contributed by atoms with E-state index in [-0.39, 0.29) is 11.4 Å². The van der Waals surface area contributed by atoms with Crippen molar-refractivity contribution >= 4 is 11.6 Å². The fourth-order valence-electron chi connectivity index (χ4n) is 2.52. The first kappa shape index (κ1) is 20.2. The topological polar surface area (TPSA) is 64.9 Å². The molecule has 2 rings (SSSR count). The first-order valence-corrected chi connectivity index (χ1v) is 9.10. The molecule has 140 valence electrons. The number of benzene rings is 2. The van der Waals surface area contributed by atoms with Crippen molar-refractivity contribution < 1.29 is 9.18 Å². The first-order chi connectivity index (χ1) is 13.1. The maximum atomic E-state index is 12.9. The lowest BCUT2D eigenvalue weighted by molar-refractivity contribution is -0.112. The second-order valence-corrected chi connectivity index (χ2v) is 6.26. The van der Waals surface area contributed by atoms with E-state index in [4.69, 9.17) is 0 Å². The highest BCUT2D eigenvalue weighted by Gasteiger charge is 2.09. The van der Waals surface area contributed by atoms with Gasteiger partial charge in [-0.1, -0.05) is 37.6 Å². The number of nitriles is 1. The van der Waals surface area contributed by atoms with Crippen molar-refractivity contribution in [2.24, 2.45) is 0 Å². The Kier molecular flexibility index (Phi) is 8.05. The number of carbonyl (C=O) groups excluding carboxylic acids is 1. The minimum Gasteiger partial charge on any atom is -0.389 e. The number of nitrogens with one attached hydrogen (secondary N) is 2. The van der Waals surface area contributed by atoms with Crippen LogP contribution in [0.5, 0.6) is 0 Å². The van der Waals surface area contributed by atoms with Gasteiger partial charge in [-0.05, 0) is 54.7 Å². The van der Waals surface area contributed by atoms with Crippen molar-refractivity contribution in [2.45, 2.75) is 32.6 Å². The molecule has 0 aliphatic heterocycles. The van der Waals surface area contributed by atoms with Crippen LogP contribution in [0.1, 0.15) is 30.9 Å². The van der Waals surface area contributed by atoms with Crippen molar-refractivity contribution in [3.8, 4) is 6.07 Å². The van der Waals surface area contributed by atoms with Gasteiger partial charge in [0.25, 0.3) is 5.91 Å². The van der Waals surface area contributed by atoms with Crippen LogP contribution < -0.4 is 10.6 Å². The summed E-state index contributed by atoms with van der Waals surface area (Å²) in [6.45, 7) is 2.69. The molecular weight excluding hydrogens is 341 g/mol. The van der Waals surface area contributed by atoms with Gasteiger partial charge in [0.2, 0.25) is 0 Å². The van der Waals surface area contributed by atoms with Gasteiger partial charge >= 0.3 is 0 Å². The zero-order chi connectivity index (χ0) is 19.5. The van der Waals surface area contributed by atoms with E-state index < -0.39 is 5.91 Å². The van der Waals surface area contributed by atoms with Crippen LogP contribution in [0.15, 0.2) is 60.3 Å². The standard InChI is InChI=1S/C22H24FN3O/c1-2-3-4-17-7-11-21(12-8-17)26-22(27)19(15-24)16-25-14-13-18-5-9-20(23)10-6-18/h5-12,16,25H,2-4,13-14H2,1H3,(H,26,27)/b19-16-. The van der Waals surface area contributed by atoms with Crippen molar-refractivity contribution in [1.29, 1.82) is 5.26 Å². The molecule has 0 aliphatic carbocycles. The monoisotopic (exact) mass is 365 g/mol. The Morgan fingerprint density at radius 1 is 1.07 bits per heavy atom. The van der Waals surface area contributed by atoms with Crippen LogP contribution in [-0.4, -0.2) is 12.5 Å². The summed E-state index contributed by atoms with van der Waals surface area (Å²) in [6.07, 6.45) is 5.37. The van der Waals surface area contributed by atoms with E-state index in [0.717, 1.165) is 24.8 Å². The molecule has 0 atom stereocenters. The van der Waals surface area contributed by atoms with Crippen LogP contribution in [0.25, 0.3) is 0 Å². The molecule has 2 aromatic carbocycles. The van der Waals surface area contributed by atoms with E-state index in [1.807, 2.05) is 30.3 Å². The summed E-state index contributed by atoms with van der Waals surface area (Å²) in [6, 6.07) is 15.8. The molecule has 0 aliphatic rings. The second kappa shape index (κ2) is 10.8. The second-order valence-electron chi connectivity index (χ2n) is 6.26. The summed E-state index contributed by atoms with van der Waals surface area (Å²) in [4.78, 5) is 12.2. The minimum atomic E-state index is -0.451. The summed E-state index contributed by atoms with van der Waals surface area (Å²) in [7, 11) is 0. The maximum absolute atomic E-state index is 12.9. The average molecular weight is 365 g/mol. The SMILES string of the molecule is CCCCc1ccc(NC(=O)/C(C#N)=C\NCCc2ccc(F)cc2)cc1. The minimum absolute atomic E-state index is 0.00386. The van der Waals surface area contributed by atoms with Gasteiger partial charge in [0, 0.05) is 18.4 Å². The van der Waals surface area contributed by atoms with Crippen LogP contribution in [0.4, 0.5) is 10.1 Å². The van der Waals surface area contributed by atoms with Crippen molar-refractivity contribution in [1.82, 2.24) is 5.32 Å². The summed E-state index contributed by atoms with van der Waals surface area (Å²) in [5.74, 6) is -0.721. The molecule has 0 fully saturated rings. The molecule has 2 aromatic rings. The molecule has 0 heterocycles. The van der Waals surface area contributed by atoms with Crippen LogP contribution >= 0.6 is 0 Å². The van der Waals surface area contributed by atoms with E-state index in [1.165, 1.54) is 23.9 Å². The smallest absolute Gasteiger partial charge is 0.267 e. The molecule has 0 saturated heterocycles. The van der Waals surface area contributed by atoms with Crippen LogP contribution in [-0.2, 0) is 17.6 Å².